The van der Waals surface area contributed by atoms with Crippen molar-refractivity contribution in [3.8, 4) is 16.9 Å². The van der Waals surface area contributed by atoms with E-state index in [2.05, 4.69) is 15.7 Å². The molecule has 0 spiro atoms. The van der Waals surface area contributed by atoms with Gasteiger partial charge in [-0.3, -0.25) is 4.79 Å². The van der Waals surface area contributed by atoms with Crippen molar-refractivity contribution < 1.29 is 14.0 Å². The van der Waals surface area contributed by atoms with Gasteiger partial charge < -0.3 is 15.5 Å². The number of rotatable bonds is 8. The van der Waals surface area contributed by atoms with Gasteiger partial charge in [0.1, 0.15) is 18.2 Å². The fraction of sp³-hybridized carbons (Fsp3) is 0.179. The summed E-state index contributed by atoms with van der Waals surface area (Å²) in [5.41, 5.74) is 2.31. The summed E-state index contributed by atoms with van der Waals surface area (Å²) >= 11 is 12.4. The molecular weight excluding hydrogens is 528 g/mol. The average Bonchev–Trinajstić information content (AvgIpc) is 3.30. The quantitative estimate of drug-likeness (QED) is 0.244. The van der Waals surface area contributed by atoms with Gasteiger partial charge in [0.2, 0.25) is 5.91 Å². The highest BCUT2D eigenvalue weighted by molar-refractivity contribution is 6.39. The van der Waals surface area contributed by atoms with E-state index in [1.54, 1.807) is 36.4 Å². The van der Waals surface area contributed by atoms with Crippen LogP contribution in [-0.2, 0) is 4.79 Å². The maximum Gasteiger partial charge on any atom is 0.322 e. The molecule has 1 aromatic heterocycles. The smallest absolute Gasteiger partial charge is 0.315 e. The van der Waals surface area contributed by atoms with E-state index in [4.69, 9.17) is 23.2 Å². The van der Waals surface area contributed by atoms with Crippen molar-refractivity contribution >= 4 is 46.6 Å². The van der Waals surface area contributed by atoms with Gasteiger partial charge in [0, 0.05) is 18.2 Å². The van der Waals surface area contributed by atoms with Gasteiger partial charge in [-0.15, -0.1) is 0 Å². The monoisotopic (exact) mass is 553 g/mol. The van der Waals surface area contributed by atoms with Gasteiger partial charge >= 0.3 is 6.03 Å². The Labute approximate surface area is 230 Å². The number of nitrogens with zero attached hydrogens (tertiary/aromatic N) is 3. The maximum absolute atomic E-state index is 13.6. The van der Waals surface area contributed by atoms with Gasteiger partial charge in [-0.1, -0.05) is 73.4 Å². The van der Waals surface area contributed by atoms with Crippen molar-refractivity contribution in [2.45, 2.75) is 13.8 Å². The number of halogens is 3. The standard InChI is InChI=1S/C28H26Cl2FN5O2/c1-18(2)16-35(28(38)33-27-22(29)9-6-10-23(27)30)17-26(37)32-25-15-24(19-7-4-3-5-8-19)34-36(25)21-13-11-20(31)12-14-21/h3-15,18H,16-17H2,1-2H3,(H,32,37)(H,33,38). The minimum atomic E-state index is -0.513. The zero-order chi connectivity index (χ0) is 27.2. The van der Waals surface area contributed by atoms with Crippen LogP contribution in [0.3, 0.4) is 0 Å². The van der Waals surface area contributed by atoms with E-state index in [-0.39, 0.29) is 34.0 Å². The van der Waals surface area contributed by atoms with Crippen molar-refractivity contribution in [3.63, 3.8) is 0 Å². The van der Waals surface area contributed by atoms with Crippen molar-refractivity contribution in [2.24, 2.45) is 5.92 Å². The molecule has 38 heavy (non-hydrogen) atoms. The van der Waals surface area contributed by atoms with Crippen LogP contribution in [0.4, 0.5) is 20.7 Å². The number of carbonyl (C=O) groups excluding carboxylic acids is 2. The number of para-hydroxylation sites is 1. The molecule has 1 heterocycles. The molecule has 4 aromatic rings. The Kier molecular flexibility index (Phi) is 8.66. The molecule has 0 fully saturated rings. The molecule has 3 aromatic carbocycles. The molecule has 0 unspecified atom stereocenters. The van der Waals surface area contributed by atoms with Crippen molar-refractivity contribution in [1.82, 2.24) is 14.7 Å². The number of urea groups is 1. The molecule has 0 aliphatic carbocycles. The Morgan fingerprint density at radius 1 is 0.947 bits per heavy atom. The molecule has 0 saturated carbocycles. The second kappa shape index (κ2) is 12.1. The Hall–Kier alpha value is -3.88. The molecule has 3 amide bonds. The molecule has 10 heteroatoms. The van der Waals surface area contributed by atoms with Gasteiger partial charge in [0.25, 0.3) is 0 Å². The van der Waals surface area contributed by atoms with E-state index in [0.717, 1.165) is 5.56 Å². The zero-order valence-electron chi connectivity index (χ0n) is 20.8. The number of hydrogen-bond donors (Lipinski definition) is 2. The van der Waals surface area contributed by atoms with E-state index in [1.165, 1.54) is 21.7 Å². The molecule has 0 aliphatic heterocycles. The van der Waals surface area contributed by atoms with E-state index >= 15 is 0 Å². The van der Waals surface area contributed by atoms with E-state index in [1.807, 2.05) is 44.2 Å². The van der Waals surface area contributed by atoms with Gasteiger partial charge in [0.05, 0.1) is 27.1 Å². The van der Waals surface area contributed by atoms with Crippen LogP contribution >= 0.6 is 23.2 Å². The third-order valence-corrected chi connectivity index (χ3v) is 6.15. The highest BCUT2D eigenvalue weighted by atomic mass is 35.5. The Balaban J connectivity index is 1.58. The molecule has 0 saturated heterocycles. The largest absolute Gasteiger partial charge is 0.322 e. The van der Waals surface area contributed by atoms with Crippen molar-refractivity contribution in [2.75, 3.05) is 23.7 Å². The summed E-state index contributed by atoms with van der Waals surface area (Å²) in [7, 11) is 0. The van der Waals surface area contributed by atoms with Crippen LogP contribution in [-0.4, -0.2) is 39.7 Å². The first kappa shape index (κ1) is 27.2. The number of anilines is 2. The highest BCUT2D eigenvalue weighted by Gasteiger charge is 2.22. The zero-order valence-corrected chi connectivity index (χ0v) is 22.3. The van der Waals surface area contributed by atoms with Gasteiger partial charge in [-0.25, -0.2) is 13.9 Å². The number of hydrogen-bond acceptors (Lipinski definition) is 3. The van der Waals surface area contributed by atoms with Crippen LogP contribution in [0.5, 0.6) is 0 Å². The topological polar surface area (TPSA) is 79.3 Å². The average molecular weight is 554 g/mol. The summed E-state index contributed by atoms with van der Waals surface area (Å²) < 4.78 is 15.1. The number of carbonyl (C=O) groups is 2. The molecule has 0 aliphatic rings. The van der Waals surface area contributed by atoms with E-state index < -0.39 is 11.9 Å². The number of nitrogens with one attached hydrogen (secondary N) is 2. The van der Waals surface area contributed by atoms with Crippen molar-refractivity contribution in [1.29, 1.82) is 0 Å². The Morgan fingerprint density at radius 3 is 2.24 bits per heavy atom. The normalized spacial score (nSPS) is 10.9. The molecule has 196 valence electrons. The summed E-state index contributed by atoms with van der Waals surface area (Å²) in [6.45, 7) is 3.96. The molecule has 2 N–H and O–H groups in total. The summed E-state index contributed by atoms with van der Waals surface area (Å²) in [6, 6.07) is 21.4. The lowest BCUT2D eigenvalue weighted by Crippen LogP contribution is -2.42. The molecule has 7 nitrogen and oxygen atoms in total. The first-order valence-corrected chi connectivity index (χ1v) is 12.7. The van der Waals surface area contributed by atoms with Crippen LogP contribution in [0.2, 0.25) is 10.0 Å². The van der Waals surface area contributed by atoms with Crippen LogP contribution < -0.4 is 10.6 Å². The summed E-state index contributed by atoms with van der Waals surface area (Å²) in [5.74, 6) is -0.359. The minimum Gasteiger partial charge on any atom is -0.315 e. The molecule has 0 radical (unpaired) electrons. The van der Waals surface area contributed by atoms with E-state index in [0.29, 0.717) is 23.7 Å². The first-order valence-electron chi connectivity index (χ1n) is 11.9. The first-order chi connectivity index (χ1) is 18.2. The molecule has 0 bridgehead atoms. The SMILES string of the molecule is CC(C)CN(CC(=O)Nc1cc(-c2ccccc2)nn1-c1ccc(F)cc1)C(=O)Nc1c(Cl)cccc1Cl. The summed E-state index contributed by atoms with van der Waals surface area (Å²) in [6.07, 6.45) is 0. The Bertz CT molecular complexity index is 1400. The van der Waals surface area contributed by atoms with E-state index in [9.17, 15) is 14.0 Å². The maximum atomic E-state index is 13.6. The van der Waals surface area contributed by atoms with Gasteiger partial charge in [0.15, 0.2) is 0 Å². The predicted molar refractivity (Wildman–Crippen MR) is 149 cm³/mol. The highest BCUT2D eigenvalue weighted by Crippen LogP contribution is 2.30. The van der Waals surface area contributed by atoms with Gasteiger partial charge in [-0.05, 0) is 42.3 Å². The van der Waals surface area contributed by atoms with Crippen LogP contribution in [0.1, 0.15) is 13.8 Å². The summed E-state index contributed by atoms with van der Waals surface area (Å²) in [4.78, 5) is 27.7. The lowest BCUT2D eigenvalue weighted by molar-refractivity contribution is -0.116. The molecule has 0 atom stereocenters. The van der Waals surface area contributed by atoms with Crippen molar-refractivity contribution in [3.05, 3.63) is 94.7 Å². The fourth-order valence-electron chi connectivity index (χ4n) is 3.82. The van der Waals surface area contributed by atoms with Crippen LogP contribution in [0, 0.1) is 11.7 Å². The second-order valence-corrected chi connectivity index (χ2v) is 9.83. The number of aromatic nitrogens is 2. The number of benzene rings is 3. The third kappa shape index (κ3) is 6.70. The van der Waals surface area contributed by atoms with Crippen LogP contribution in [0.15, 0.2) is 78.9 Å². The minimum absolute atomic E-state index is 0.0877. The Morgan fingerprint density at radius 2 is 1.61 bits per heavy atom. The number of amides is 3. The predicted octanol–water partition coefficient (Wildman–Crippen LogP) is 7.11. The molecule has 4 rings (SSSR count). The van der Waals surface area contributed by atoms with Crippen LogP contribution in [0.25, 0.3) is 16.9 Å². The molecular formula is C28H26Cl2FN5O2. The lowest BCUT2D eigenvalue weighted by Gasteiger charge is -2.25. The third-order valence-electron chi connectivity index (χ3n) is 5.52. The fourth-order valence-corrected chi connectivity index (χ4v) is 4.31. The lowest BCUT2D eigenvalue weighted by atomic mass is 10.1. The second-order valence-electron chi connectivity index (χ2n) is 9.02. The summed E-state index contributed by atoms with van der Waals surface area (Å²) in [5, 5.41) is 10.8. The van der Waals surface area contributed by atoms with Gasteiger partial charge in [-0.2, -0.15) is 5.10 Å².